The summed E-state index contributed by atoms with van der Waals surface area (Å²) in [5.74, 6) is -1.96. The second-order valence-electron chi connectivity index (χ2n) is 4.54. The average molecular weight is 288 g/mol. The fourth-order valence-corrected chi connectivity index (χ4v) is 1.71. The first-order valence-corrected chi connectivity index (χ1v) is 6.35. The van der Waals surface area contributed by atoms with E-state index in [4.69, 9.17) is 9.84 Å². The highest BCUT2D eigenvalue weighted by molar-refractivity contribution is 5.86. The van der Waals surface area contributed by atoms with E-state index in [2.05, 4.69) is 10.1 Å². The van der Waals surface area contributed by atoms with Crippen LogP contribution >= 0.6 is 0 Å². The standard InChI is InChI=1S/C12H20N2O6/c1-19-6-5-14(8-3-4-8)12(18)13-9(11(16)17)7-10(15)20-2/h8-9H,3-7H2,1-2H3,(H,13,18)(H,16,17)/t9-/m0/s1. The van der Waals surface area contributed by atoms with Crippen molar-refractivity contribution in [2.24, 2.45) is 0 Å². The average Bonchev–Trinajstić information content (AvgIpc) is 3.22. The summed E-state index contributed by atoms with van der Waals surface area (Å²) in [5.41, 5.74) is 0. The number of hydrogen-bond donors (Lipinski definition) is 2. The molecule has 1 saturated carbocycles. The number of nitrogens with one attached hydrogen (secondary N) is 1. The normalized spacial score (nSPS) is 15.3. The minimum Gasteiger partial charge on any atom is -0.480 e. The van der Waals surface area contributed by atoms with Crippen LogP contribution in [0.3, 0.4) is 0 Å². The summed E-state index contributed by atoms with van der Waals surface area (Å²) < 4.78 is 9.33. The lowest BCUT2D eigenvalue weighted by Gasteiger charge is -2.24. The van der Waals surface area contributed by atoms with Gasteiger partial charge in [0, 0.05) is 19.7 Å². The summed E-state index contributed by atoms with van der Waals surface area (Å²) in [5, 5.41) is 11.4. The Bertz CT molecular complexity index is 369. The zero-order valence-electron chi connectivity index (χ0n) is 11.6. The second kappa shape index (κ2) is 7.68. The summed E-state index contributed by atoms with van der Waals surface area (Å²) in [6, 6.07) is -1.67. The van der Waals surface area contributed by atoms with Gasteiger partial charge in [-0.2, -0.15) is 0 Å². The summed E-state index contributed by atoms with van der Waals surface area (Å²) in [6.07, 6.45) is 1.39. The van der Waals surface area contributed by atoms with Gasteiger partial charge < -0.3 is 24.8 Å². The molecule has 0 aliphatic heterocycles. The molecule has 2 N–H and O–H groups in total. The van der Waals surface area contributed by atoms with Crippen molar-refractivity contribution in [2.45, 2.75) is 31.3 Å². The van der Waals surface area contributed by atoms with Crippen molar-refractivity contribution in [3.8, 4) is 0 Å². The number of nitrogens with zero attached hydrogens (tertiary/aromatic N) is 1. The van der Waals surface area contributed by atoms with Gasteiger partial charge in [-0.05, 0) is 12.8 Å². The van der Waals surface area contributed by atoms with E-state index >= 15 is 0 Å². The Morgan fingerprint density at radius 2 is 2.00 bits per heavy atom. The SMILES string of the molecule is COCCN(C(=O)N[C@@H](CC(=O)OC)C(=O)O)C1CC1. The van der Waals surface area contributed by atoms with Gasteiger partial charge >= 0.3 is 18.0 Å². The van der Waals surface area contributed by atoms with E-state index in [1.54, 1.807) is 0 Å². The Morgan fingerprint density at radius 3 is 2.45 bits per heavy atom. The molecule has 1 fully saturated rings. The van der Waals surface area contributed by atoms with E-state index in [1.165, 1.54) is 12.0 Å². The summed E-state index contributed by atoms with van der Waals surface area (Å²) in [7, 11) is 2.69. The first-order valence-electron chi connectivity index (χ1n) is 6.35. The number of carbonyl (C=O) groups is 3. The maximum absolute atomic E-state index is 12.1. The third kappa shape index (κ3) is 5.04. The number of ether oxygens (including phenoxy) is 2. The highest BCUT2D eigenvalue weighted by Gasteiger charge is 2.34. The van der Waals surface area contributed by atoms with Crippen molar-refractivity contribution in [1.29, 1.82) is 0 Å². The Kier molecular flexibility index (Phi) is 6.23. The molecule has 20 heavy (non-hydrogen) atoms. The van der Waals surface area contributed by atoms with Crippen molar-refractivity contribution in [3.05, 3.63) is 0 Å². The fourth-order valence-electron chi connectivity index (χ4n) is 1.71. The van der Waals surface area contributed by atoms with Crippen molar-refractivity contribution in [2.75, 3.05) is 27.4 Å². The molecule has 114 valence electrons. The Labute approximate surface area is 117 Å². The quantitative estimate of drug-likeness (QED) is 0.600. The molecule has 2 amide bonds. The van der Waals surface area contributed by atoms with Gasteiger partial charge in [-0.25, -0.2) is 9.59 Å². The molecule has 1 rings (SSSR count). The molecule has 0 unspecified atom stereocenters. The number of aliphatic carboxylic acids is 1. The minimum absolute atomic E-state index is 0.123. The molecule has 0 saturated heterocycles. The first-order chi connectivity index (χ1) is 9.49. The van der Waals surface area contributed by atoms with E-state index in [0.717, 1.165) is 20.0 Å². The Balaban J connectivity index is 2.58. The summed E-state index contributed by atoms with van der Waals surface area (Å²) >= 11 is 0. The fraction of sp³-hybridized carbons (Fsp3) is 0.750. The van der Waals surface area contributed by atoms with Crippen molar-refractivity contribution in [1.82, 2.24) is 10.2 Å². The predicted octanol–water partition coefficient (Wildman–Crippen LogP) is -0.177. The van der Waals surface area contributed by atoms with Crippen LogP contribution < -0.4 is 5.32 Å². The molecular formula is C12H20N2O6. The van der Waals surface area contributed by atoms with Crippen molar-refractivity contribution in [3.63, 3.8) is 0 Å². The van der Waals surface area contributed by atoms with Gasteiger partial charge in [-0.3, -0.25) is 4.79 Å². The van der Waals surface area contributed by atoms with E-state index in [1.807, 2.05) is 0 Å². The zero-order valence-corrected chi connectivity index (χ0v) is 11.6. The van der Waals surface area contributed by atoms with Gasteiger partial charge in [-0.1, -0.05) is 0 Å². The minimum atomic E-state index is -1.29. The van der Waals surface area contributed by atoms with Crippen LogP contribution in [0.5, 0.6) is 0 Å². The molecule has 1 atom stereocenters. The highest BCUT2D eigenvalue weighted by atomic mass is 16.5. The van der Waals surface area contributed by atoms with Crippen LogP contribution in [0.15, 0.2) is 0 Å². The molecule has 1 aliphatic rings. The molecule has 0 bridgehead atoms. The number of esters is 1. The van der Waals surface area contributed by atoms with E-state index in [-0.39, 0.29) is 6.04 Å². The number of methoxy groups -OCH3 is 2. The largest absolute Gasteiger partial charge is 0.480 e. The van der Waals surface area contributed by atoms with Crippen LogP contribution in [0.25, 0.3) is 0 Å². The van der Waals surface area contributed by atoms with Crippen LogP contribution in [-0.2, 0) is 19.1 Å². The molecular weight excluding hydrogens is 268 g/mol. The lowest BCUT2D eigenvalue weighted by atomic mass is 10.2. The van der Waals surface area contributed by atoms with Gasteiger partial charge in [-0.15, -0.1) is 0 Å². The van der Waals surface area contributed by atoms with Gasteiger partial charge in [0.05, 0.1) is 20.1 Å². The van der Waals surface area contributed by atoms with E-state index in [0.29, 0.717) is 13.2 Å². The molecule has 8 heteroatoms. The van der Waals surface area contributed by atoms with Crippen LogP contribution in [-0.4, -0.2) is 67.4 Å². The summed E-state index contributed by atoms with van der Waals surface area (Å²) in [6.45, 7) is 0.760. The molecule has 0 radical (unpaired) electrons. The molecule has 0 aromatic heterocycles. The maximum atomic E-state index is 12.1. The second-order valence-corrected chi connectivity index (χ2v) is 4.54. The topological polar surface area (TPSA) is 105 Å². The van der Waals surface area contributed by atoms with Crippen LogP contribution in [0.1, 0.15) is 19.3 Å². The van der Waals surface area contributed by atoms with Gasteiger partial charge in [0.1, 0.15) is 6.04 Å². The van der Waals surface area contributed by atoms with Gasteiger partial charge in [0.2, 0.25) is 0 Å². The number of amides is 2. The number of carbonyl (C=O) groups excluding carboxylic acids is 2. The van der Waals surface area contributed by atoms with Gasteiger partial charge in [0.25, 0.3) is 0 Å². The Hall–Kier alpha value is -1.83. The lowest BCUT2D eigenvalue weighted by Crippen LogP contribution is -2.50. The van der Waals surface area contributed by atoms with Crippen LogP contribution in [0.4, 0.5) is 4.79 Å². The monoisotopic (exact) mass is 288 g/mol. The molecule has 0 spiro atoms. The number of rotatable bonds is 8. The molecule has 1 aliphatic carbocycles. The van der Waals surface area contributed by atoms with Gasteiger partial charge in [0.15, 0.2) is 0 Å². The number of urea groups is 1. The maximum Gasteiger partial charge on any atom is 0.326 e. The number of carboxylic acids is 1. The lowest BCUT2D eigenvalue weighted by molar-refractivity contribution is -0.147. The molecule has 0 aromatic carbocycles. The number of carboxylic acid groups (broad SMARTS) is 1. The first kappa shape index (κ1) is 16.2. The smallest absolute Gasteiger partial charge is 0.326 e. The Morgan fingerprint density at radius 1 is 1.35 bits per heavy atom. The molecule has 0 heterocycles. The predicted molar refractivity (Wildman–Crippen MR) is 68.2 cm³/mol. The van der Waals surface area contributed by atoms with E-state index in [9.17, 15) is 14.4 Å². The molecule has 8 nitrogen and oxygen atoms in total. The van der Waals surface area contributed by atoms with Crippen LogP contribution in [0.2, 0.25) is 0 Å². The summed E-state index contributed by atoms with van der Waals surface area (Å²) in [4.78, 5) is 35.8. The third-order valence-corrected chi connectivity index (χ3v) is 2.98. The third-order valence-electron chi connectivity index (χ3n) is 2.98. The van der Waals surface area contributed by atoms with Crippen molar-refractivity contribution >= 4 is 18.0 Å². The van der Waals surface area contributed by atoms with Crippen molar-refractivity contribution < 1.29 is 29.0 Å². The number of hydrogen-bond acceptors (Lipinski definition) is 5. The zero-order chi connectivity index (χ0) is 15.1. The highest BCUT2D eigenvalue weighted by Crippen LogP contribution is 2.26. The molecule has 0 aromatic rings. The van der Waals surface area contributed by atoms with Crippen LogP contribution in [0, 0.1) is 0 Å². The van der Waals surface area contributed by atoms with E-state index < -0.39 is 30.4 Å².